The van der Waals surface area contributed by atoms with E-state index >= 15 is 0 Å². The lowest BCUT2D eigenvalue weighted by Crippen LogP contribution is -1.83. The standard InChI is InChI=1S/C16H20S/c1-4-5-6-7-9-14(2)11-12-15(3)16-10-8-13-17-16/h4-8,10,13H,2-3,9,11-12H2,1H3/b5-4-,7-6-. The van der Waals surface area contributed by atoms with Crippen molar-refractivity contribution in [3.63, 3.8) is 0 Å². The summed E-state index contributed by atoms with van der Waals surface area (Å²) in [5.74, 6) is 0. The number of rotatable bonds is 7. The van der Waals surface area contributed by atoms with Crippen molar-refractivity contribution < 1.29 is 0 Å². The van der Waals surface area contributed by atoms with Gasteiger partial charge in [0.25, 0.3) is 0 Å². The summed E-state index contributed by atoms with van der Waals surface area (Å²) in [5, 5.41) is 2.09. The Morgan fingerprint density at radius 3 is 2.76 bits per heavy atom. The molecule has 0 aliphatic rings. The molecule has 0 atom stereocenters. The molecule has 0 spiro atoms. The third-order valence-electron chi connectivity index (χ3n) is 2.50. The topological polar surface area (TPSA) is 0 Å². The Balaban J connectivity index is 2.26. The zero-order valence-corrected chi connectivity index (χ0v) is 11.3. The highest BCUT2D eigenvalue weighted by atomic mass is 32.1. The Morgan fingerprint density at radius 2 is 2.12 bits per heavy atom. The second kappa shape index (κ2) is 7.86. The second-order valence-electron chi connectivity index (χ2n) is 3.99. The molecule has 17 heavy (non-hydrogen) atoms. The van der Waals surface area contributed by atoms with Gasteiger partial charge in [-0.2, -0.15) is 0 Å². The largest absolute Gasteiger partial charge is 0.144 e. The smallest absolute Gasteiger partial charge is 0.0296 e. The summed E-state index contributed by atoms with van der Waals surface area (Å²) in [4.78, 5) is 1.29. The Hall–Kier alpha value is -1.34. The van der Waals surface area contributed by atoms with E-state index in [2.05, 4.69) is 42.8 Å². The highest BCUT2D eigenvalue weighted by Gasteiger charge is 2.00. The first-order valence-electron chi connectivity index (χ1n) is 5.90. The lowest BCUT2D eigenvalue weighted by molar-refractivity contribution is 0.961. The lowest BCUT2D eigenvalue weighted by Gasteiger charge is -2.04. The minimum absolute atomic E-state index is 0.960. The summed E-state index contributed by atoms with van der Waals surface area (Å²) in [6, 6.07) is 4.20. The zero-order valence-electron chi connectivity index (χ0n) is 10.5. The monoisotopic (exact) mass is 244 g/mol. The number of thiophene rings is 1. The van der Waals surface area contributed by atoms with Crippen molar-refractivity contribution in [3.8, 4) is 0 Å². The van der Waals surface area contributed by atoms with E-state index in [-0.39, 0.29) is 0 Å². The van der Waals surface area contributed by atoms with Crippen LogP contribution in [0.3, 0.4) is 0 Å². The molecule has 0 radical (unpaired) electrons. The third kappa shape index (κ3) is 5.50. The van der Waals surface area contributed by atoms with Crippen molar-refractivity contribution in [2.24, 2.45) is 0 Å². The Bertz CT molecular complexity index is 405. The van der Waals surface area contributed by atoms with Crippen LogP contribution >= 0.6 is 11.3 Å². The number of allylic oxidation sites excluding steroid dienone is 6. The van der Waals surface area contributed by atoms with Crippen molar-refractivity contribution in [2.75, 3.05) is 0 Å². The molecular weight excluding hydrogens is 224 g/mol. The third-order valence-corrected chi connectivity index (χ3v) is 3.47. The van der Waals surface area contributed by atoms with Crippen LogP contribution in [0.15, 0.2) is 60.5 Å². The first-order valence-corrected chi connectivity index (χ1v) is 6.78. The van der Waals surface area contributed by atoms with Gasteiger partial charge in [0.2, 0.25) is 0 Å². The van der Waals surface area contributed by atoms with Crippen LogP contribution in [0.2, 0.25) is 0 Å². The van der Waals surface area contributed by atoms with Crippen LogP contribution in [0.25, 0.3) is 5.57 Å². The van der Waals surface area contributed by atoms with Gasteiger partial charge < -0.3 is 0 Å². The normalized spacial score (nSPS) is 11.4. The van der Waals surface area contributed by atoms with Crippen LogP contribution in [0, 0.1) is 0 Å². The maximum Gasteiger partial charge on any atom is 0.0296 e. The van der Waals surface area contributed by atoms with Crippen LogP contribution in [-0.2, 0) is 0 Å². The van der Waals surface area contributed by atoms with Gasteiger partial charge in [-0.3, -0.25) is 0 Å². The summed E-state index contributed by atoms with van der Waals surface area (Å²) >= 11 is 1.75. The summed E-state index contributed by atoms with van der Waals surface area (Å²) in [6.45, 7) is 10.2. The van der Waals surface area contributed by atoms with E-state index in [0.29, 0.717) is 0 Å². The minimum atomic E-state index is 0.960. The summed E-state index contributed by atoms with van der Waals surface area (Å²) in [5.41, 5.74) is 2.49. The fourth-order valence-electron chi connectivity index (χ4n) is 1.46. The molecule has 1 heterocycles. The zero-order chi connectivity index (χ0) is 12.5. The maximum atomic E-state index is 4.12. The van der Waals surface area contributed by atoms with E-state index in [0.717, 1.165) is 19.3 Å². The highest BCUT2D eigenvalue weighted by Crippen LogP contribution is 2.24. The summed E-state index contributed by atoms with van der Waals surface area (Å²) in [6.07, 6.45) is 11.3. The lowest BCUT2D eigenvalue weighted by atomic mass is 10.0. The average Bonchev–Trinajstić information content (AvgIpc) is 2.85. The Labute approximate surface area is 109 Å². The van der Waals surface area contributed by atoms with Crippen molar-refractivity contribution >= 4 is 16.9 Å². The van der Waals surface area contributed by atoms with Crippen LogP contribution in [0.1, 0.15) is 31.1 Å². The van der Waals surface area contributed by atoms with Gasteiger partial charge >= 0.3 is 0 Å². The van der Waals surface area contributed by atoms with Gasteiger partial charge in [0.15, 0.2) is 0 Å². The molecule has 1 heteroatoms. The van der Waals surface area contributed by atoms with Gasteiger partial charge in [-0.15, -0.1) is 11.3 Å². The van der Waals surface area contributed by atoms with E-state index in [1.165, 1.54) is 16.0 Å². The van der Waals surface area contributed by atoms with Crippen molar-refractivity contribution in [1.29, 1.82) is 0 Å². The first kappa shape index (κ1) is 13.7. The van der Waals surface area contributed by atoms with Gasteiger partial charge in [-0.05, 0) is 43.2 Å². The van der Waals surface area contributed by atoms with E-state index in [1.54, 1.807) is 11.3 Å². The van der Waals surface area contributed by atoms with Gasteiger partial charge in [-0.1, -0.05) is 49.1 Å². The molecular formula is C16H20S. The molecule has 0 bridgehead atoms. The first-order chi connectivity index (χ1) is 8.24. The van der Waals surface area contributed by atoms with Crippen molar-refractivity contribution in [3.05, 3.63) is 65.4 Å². The SMILES string of the molecule is C=C(C/C=C\C=C/C)CCC(=C)c1cccs1. The van der Waals surface area contributed by atoms with Crippen LogP contribution in [-0.4, -0.2) is 0 Å². The molecule has 0 saturated carbocycles. The van der Waals surface area contributed by atoms with Crippen LogP contribution in [0.5, 0.6) is 0 Å². The van der Waals surface area contributed by atoms with E-state index < -0.39 is 0 Å². The number of hydrogen-bond acceptors (Lipinski definition) is 1. The molecule has 0 fully saturated rings. The minimum Gasteiger partial charge on any atom is -0.144 e. The van der Waals surface area contributed by atoms with Gasteiger partial charge in [0.05, 0.1) is 0 Å². The summed E-state index contributed by atoms with van der Waals surface area (Å²) < 4.78 is 0. The molecule has 0 saturated heterocycles. The maximum absolute atomic E-state index is 4.12. The molecule has 1 aromatic rings. The molecule has 0 nitrogen and oxygen atoms in total. The molecule has 0 unspecified atom stereocenters. The Morgan fingerprint density at radius 1 is 1.29 bits per heavy atom. The van der Waals surface area contributed by atoms with Crippen LogP contribution < -0.4 is 0 Å². The molecule has 1 aromatic heterocycles. The number of hydrogen-bond donors (Lipinski definition) is 0. The highest BCUT2D eigenvalue weighted by molar-refractivity contribution is 7.11. The molecule has 90 valence electrons. The fraction of sp³-hybridized carbons (Fsp3) is 0.250. The molecule has 0 aliphatic heterocycles. The van der Waals surface area contributed by atoms with E-state index in [9.17, 15) is 0 Å². The molecule has 0 aromatic carbocycles. The second-order valence-corrected chi connectivity index (χ2v) is 4.94. The average molecular weight is 244 g/mol. The van der Waals surface area contributed by atoms with Crippen LogP contribution in [0.4, 0.5) is 0 Å². The van der Waals surface area contributed by atoms with Gasteiger partial charge in [0, 0.05) is 4.88 Å². The molecule has 0 amide bonds. The van der Waals surface area contributed by atoms with Gasteiger partial charge in [-0.25, -0.2) is 0 Å². The molecule has 0 N–H and O–H groups in total. The Kier molecular flexibility index (Phi) is 6.34. The fourth-order valence-corrected chi connectivity index (χ4v) is 2.19. The van der Waals surface area contributed by atoms with Crippen molar-refractivity contribution in [1.82, 2.24) is 0 Å². The van der Waals surface area contributed by atoms with Gasteiger partial charge in [0.1, 0.15) is 0 Å². The molecule has 0 aliphatic carbocycles. The van der Waals surface area contributed by atoms with E-state index in [4.69, 9.17) is 0 Å². The predicted molar refractivity (Wildman–Crippen MR) is 80.3 cm³/mol. The van der Waals surface area contributed by atoms with Crippen molar-refractivity contribution in [2.45, 2.75) is 26.2 Å². The predicted octanol–water partition coefficient (Wildman–Crippen LogP) is 5.62. The summed E-state index contributed by atoms with van der Waals surface area (Å²) in [7, 11) is 0. The molecule has 1 rings (SSSR count). The van der Waals surface area contributed by atoms with E-state index in [1.807, 2.05) is 19.1 Å². The quantitative estimate of drug-likeness (QED) is 0.431.